The molecule has 1 heterocycles. The van der Waals surface area contributed by atoms with Gasteiger partial charge in [0, 0.05) is 0 Å². The fourth-order valence-corrected chi connectivity index (χ4v) is 2.00. The van der Waals surface area contributed by atoms with Crippen LogP contribution in [0.2, 0.25) is 0 Å². The molecule has 0 bridgehead atoms. The molecule has 0 unspecified atom stereocenters. The Balaban J connectivity index is 2.61. The molecule has 2 aromatic rings. The van der Waals surface area contributed by atoms with E-state index in [2.05, 4.69) is 14.7 Å². The van der Waals surface area contributed by atoms with Crippen LogP contribution in [0.5, 0.6) is 0 Å². The zero-order chi connectivity index (χ0) is 12.6. The van der Waals surface area contributed by atoms with Gasteiger partial charge in [-0.15, -0.1) is 0 Å². The van der Waals surface area contributed by atoms with E-state index in [9.17, 15) is 13.2 Å². The number of fused-ring (bicyclic) bond motifs is 1. The SMILES string of the molecule is CS(=O)(=O)Nc1cccc2[nH]c(C(N)=O)nc12. The van der Waals surface area contributed by atoms with Crippen molar-refractivity contribution < 1.29 is 13.2 Å². The lowest BCUT2D eigenvalue weighted by Gasteiger charge is -2.03. The van der Waals surface area contributed by atoms with E-state index in [0.29, 0.717) is 16.7 Å². The molecule has 4 N–H and O–H groups in total. The lowest BCUT2D eigenvalue weighted by molar-refractivity contribution is 0.0991. The number of nitrogens with one attached hydrogen (secondary N) is 2. The van der Waals surface area contributed by atoms with Gasteiger partial charge in [-0.05, 0) is 12.1 Å². The van der Waals surface area contributed by atoms with Gasteiger partial charge < -0.3 is 10.7 Å². The first kappa shape index (κ1) is 11.4. The maximum atomic E-state index is 11.1. The van der Waals surface area contributed by atoms with Crippen molar-refractivity contribution in [2.24, 2.45) is 5.73 Å². The molecule has 7 nitrogen and oxygen atoms in total. The Morgan fingerprint density at radius 3 is 2.76 bits per heavy atom. The molecule has 2 rings (SSSR count). The molecule has 90 valence electrons. The Bertz CT molecular complexity index is 689. The number of carbonyl (C=O) groups excluding carboxylic acids is 1. The van der Waals surface area contributed by atoms with E-state index in [1.54, 1.807) is 18.2 Å². The molecule has 17 heavy (non-hydrogen) atoms. The van der Waals surface area contributed by atoms with Crippen LogP contribution in [0.4, 0.5) is 5.69 Å². The van der Waals surface area contributed by atoms with Gasteiger partial charge in [-0.1, -0.05) is 6.07 Å². The number of benzene rings is 1. The van der Waals surface area contributed by atoms with Crippen LogP contribution in [0.25, 0.3) is 11.0 Å². The minimum atomic E-state index is -3.40. The molecule has 1 aromatic carbocycles. The van der Waals surface area contributed by atoms with Gasteiger partial charge in [0.1, 0.15) is 5.52 Å². The molecular formula is C9H10N4O3S. The van der Waals surface area contributed by atoms with Gasteiger partial charge in [0.15, 0.2) is 5.82 Å². The highest BCUT2D eigenvalue weighted by Gasteiger charge is 2.12. The highest BCUT2D eigenvalue weighted by atomic mass is 32.2. The zero-order valence-corrected chi connectivity index (χ0v) is 9.71. The first-order chi connectivity index (χ1) is 7.87. The largest absolute Gasteiger partial charge is 0.363 e. The molecule has 0 atom stereocenters. The van der Waals surface area contributed by atoms with Crippen molar-refractivity contribution >= 4 is 32.7 Å². The normalized spacial score (nSPS) is 11.6. The van der Waals surface area contributed by atoms with E-state index in [4.69, 9.17) is 5.73 Å². The number of aromatic amines is 1. The Kier molecular flexibility index (Phi) is 2.50. The molecule has 0 fully saturated rings. The summed E-state index contributed by atoms with van der Waals surface area (Å²) in [5, 5.41) is 0. The maximum absolute atomic E-state index is 11.1. The predicted molar refractivity (Wildman–Crippen MR) is 63.1 cm³/mol. The number of sulfonamides is 1. The van der Waals surface area contributed by atoms with Crippen LogP contribution in [0.1, 0.15) is 10.6 Å². The second-order valence-electron chi connectivity index (χ2n) is 3.53. The average Bonchev–Trinajstić information content (AvgIpc) is 2.60. The molecule has 0 aliphatic heterocycles. The average molecular weight is 254 g/mol. The summed E-state index contributed by atoms with van der Waals surface area (Å²) in [6.45, 7) is 0. The summed E-state index contributed by atoms with van der Waals surface area (Å²) in [6, 6.07) is 4.86. The minimum Gasteiger partial charge on any atom is -0.363 e. The number of hydrogen-bond donors (Lipinski definition) is 3. The number of carbonyl (C=O) groups is 1. The Morgan fingerprint density at radius 1 is 1.47 bits per heavy atom. The van der Waals surface area contributed by atoms with Crippen LogP contribution in [0.15, 0.2) is 18.2 Å². The molecule has 0 aliphatic carbocycles. The van der Waals surface area contributed by atoms with E-state index >= 15 is 0 Å². The number of rotatable bonds is 3. The first-order valence-corrected chi connectivity index (χ1v) is 6.52. The van der Waals surface area contributed by atoms with Gasteiger partial charge >= 0.3 is 0 Å². The zero-order valence-electron chi connectivity index (χ0n) is 8.89. The number of para-hydroxylation sites is 1. The van der Waals surface area contributed by atoms with Crippen molar-refractivity contribution in [1.29, 1.82) is 0 Å². The Labute approximate surface area is 97.1 Å². The monoisotopic (exact) mass is 254 g/mol. The topological polar surface area (TPSA) is 118 Å². The summed E-state index contributed by atoms with van der Waals surface area (Å²) in [4.78, 5) is 17.6. The second-order valence-corrected chi connectivity index (χ2v) is 5.27. The van der Waals surface area contributed by atoms with E-state index in [-0.39, 0.29) is 5.82 Å². The minimum absolute atomic E-state index is 0.0113. The fourth-order valence-electron chi connectivity index (χ4n) is 1.43. The number of hydrogen-bond acceptors (Lipinski definition) is 4. The number of anilines is 1. The van der Waals surface area contributed by atoms with Gasteiger partial charge in [-0.2, -0.15) is 0 Å². The van der Waals surface area contributed by atoms with Crippen molar-refractivity contribution in [3.63, 3.8) is 0 Å². The van der Waals surface area contributed by atoms with Gasteiger partial charge in [0.25, 0.3) is 5.91 Å². The van der Waals surface area contributed by atoms with Crippen LogP contribution in [0, 0.1) is 0 Å². The van der Waals surface area contributed by atoms with E-state index < -0.39 is 15.9 Å². The quantitative estimate of drug-likeness (QED) is 0.716. The van der Waals surface area contributed by atoms with Crippen molar-refractivity contribution in [1.82, 2.24) is 9.97 Å². The predicted octanol–water partition coefficient (Wildman–Crippen LogP) is 0.0333. The van der Waals surface area contributed by atoms with Crippen LogP contribution >= 0.6 is 0 Å². The van der Waals surface area contributed by atoms with Crippen LogP contribution < -0.4 is 10.5 Å². The summed E-state index contributed by atoms with van der Waals surface area (Å²) in [7, 11) is -3.40. The molecule has 0 saturated carbocycles. The molecule has 1 aromatic heterocycles. The van der Waals surface area contributed by atoms with E-state index in [1.807, 2.05) is 0 Å². The van der Waals surface area contributed by atoms with E-state index in [1.165, 1.54) is 0 Å². The number of primary amides is 1. The Morgan fingerprint density at radius 2 is 2.18 bits per heavy atom. The number of aromatic nitrogens is 2. The molecule has 0 spiro atoms. The third-order valence-corrected chi connectivity index (χ3v) is 2.63. The Hall–Kier alpha value is -2.09. The number of amides is 1. The van der Waals surface area contributed by atoms with Gasteiger partial charge in [0.2, 0.25) is 10.0 Å². The van der Waals surface area contributed by atoms with Gasteiger partial charge in [-0.25, -0.2) is 13.4 Å². The van der Waals surface area contributed by atoms with Crippen LogP contribution in [0.3, 0.4) is 0 Å². The van der Waals surface area contributed by atoms with Crippen molar-refractivity contribution in [3.8, 4) is 0 Å². The number of imidazole rings is 1. The van der Waals surface area contributed by atoms with Crippen LogP contribution in [-0.2, 0) is 10.0 Å². The summed E-state index contributed by atoms with van der Waals surface area (Å²) in [5.41, 5.74) is 6.27. The summed E-state index contributed by atoms with van der Waals surface area (Å²) in [6.07, 6.45) is 1.04. The van der Waals surface area contributed by atoms with Crippen molar-refractivity contribution in [2.75, 3.05) is 11.0 Å². The molecule has 1 amide bonds. The third-order valence-electron chi connectivity index (χ3n) is 2.04. The highest BCUT2D eigenvalue weighted by Crippen LogP contribution is 2.21. The van der Waals surface area contributed by atoms with E-state index in [0.717, 1.165) is 6.26 Å². The second kappa shape index (κ2) is 3.74. The molecule has 8 heteroatoms. The molecule has 0 saturated heterocycles. The van der Waals surface area contributed by atoms with Crippen LogP contribution in [-0.4, -0.2) is 30.5 Å². The number of nitrogens with zero attached hydrogens (tertiary/aromatic N) is 1. The first-order valence-electron chi connectivity index (χ1n) is 4.63. The maximum Gasteiger partial charge on any atom is 0.284 e. The lowest BCUT2D eigenvalue weighted by atomic mass is 10.3. The van der Waals surface area contributed by atoms with Gasteiger partial charge in [-0.3, -0.25) is 9.52 Å². The molecular weight excluding hydrogens is 244 g/mol. The summed E-state index contributed by atoms with van der Waals surface area (Å²) < 4.78 is 24.6. The molecule has 0 aliphatic rings. The lowest BCUT2D eigenvalue weighted by Crippen LogP contribution is -2.12. The summed E-state index contributed by atoms with van der Waals surface area (Å²) >= 11 is 0. The van der Waals surface area contributed by atoms with Gasteiger partial charge in [0.05, 0.1) is 17.5 Å². The highest BCUT2D eigenvalue weighted by molar-refractivity contribution is 7.92. The number of H-pyrrole nitrogens is 1. The summed E-state index contributed by atoms with van der Waals surface area (Å²) in [5.74, 6) is -0.714. The third kappa shape index (κ3) is 2.36. The standard InChI is InChI=1S/C9H10N4O3S/c1-17(15,16)13-6-4-2-3-5-7(6)12-9(11-5)8(10)14/h2-4,13H,1H3,(H2,10,14)(H,11,12). The smallest absolute Gasteiger partial charge is 0.284 e. The number of nitrogens with two attached hydrogens (primary N) is 1. The van der Waals surface area contributed by atoms with Crippen molar-refractivity contribution in [2.45, 2.75) is 0 Å². The molecule has 0 radical (unpaired) electrons. The van der Waals surface area contributed by atoms with Crippen molar-refractivity contribution in [3.05, 3.63) is 24.0 Å². The fraction of sp³-hybridized carbons (Fsp3) is 0.111.